The molecule has 1 aromatic heterocycles. The molecular weight excluding hydrogens is 246 g/mol. The van der Waals surface area contributed by atoms with Gasteiger partial charge in [-0.25, -0.2) is 0 Å². The first kappa shape index (κ1) is 12.8. The number of fused-ring (bicyclic) bond motifs is 1. The minimum absolute atomic E-state index is 0.496. The van der Waals surface area contributed by atoms with Gasteiger partial charge in [-0.05, 0) is 29.5 Å². The predicted octanol–water partition coefficient (Wildman–Crippen LogP) is 3.82. The van der Waals surface area contributed by atoms with Crippen LogP contribution in [0.1, 0.15) is 22.8 Å². The summed E-state index contributed by atoms with van der Waals surface area (Å²) in [6, 6.07) is 16.2. The Morgan fingerprint density at radius 1 is 1.05 bits per heavy atom. The van der Waals surface area contributed by atoms with Crippen LogP contribution in [-0.2, 0) is 6.42 Å². The van der Waals surface area contributed by atoms with Gasteiger partial charge in [0.2, 0.25) is 0 Å². The van der Waals surface area contributed by atoms with Crippen molar-refractivity contribution in [3.63, 3.8) is 0 Å². The Balaban J connectivity index is 1.92. The molecule has 0 bridgehead atoms. The molecule has 0 fully saturated rings. The molecule has 1 unspecified atom stereocenters. The Hall–Kier alpha value is -2.19. The topological polar surface area (TPSA) is 33.1 Å². The Kier molecular flexibility index (Phi) is 3.48. The van der Waals surface area contributed by atoms with Crippen molar-refractivity contribution in [3.05, 3.63) is 77.6 Å². The maximum Gasteiger partial charge on any atom is 0.0836 e. The van der Waals surface area contributed by atoms with Crippen molar-refractivity contribution in [2.24, 2.45) is 0 Å². The number of aryl methyl sites for hydroxylation is 1. The normalized spacial score (nSPS) is 12.5. The third kappa shape index (κ3) is 2.56. The van der Waals surface area contributed by atoms with Gasteiger partial charge in [0, 0.05) is 24.2 Å². The van der Waals surface area contributed by atoms with E-state index in [2.05, 4.69) is 36.2 Å². The van der Waals surface area contributed by atoms with E-state index in [9.17, 15) is 5.11 Å². The maximum absolute atomic E-state index is 10.5. The van der Waals surface area contributed by atoms with Gasteiger partial charge >= 0.3 is 0 Å². The lowest BCUT2D eigenvalue weighted by molar-refractivity contribution is 0.180. The molecule has 0 amide bonds. The Morgan fingerprint density at radius 3 is 2.65 bits per heavy atom. The van der Waals surface area contributed by atoms with Crippen LogP contribution in [0.4, 0.5) is 0 Å². The second kappa shape index (κ2) is 5.43. The summed E-state index contributed by atoms with van der Waals surface area (Å²) >= 11 is 0. The van der Waals surface area contributed by atoms with Crippen LogP contribution in [0, 0.1) is 6.92 Å². The molecule has 1 heterocycles. The number of pyridine rings is 1. The average molecular weight is 263 g/mol. The lowest BCUT2D eigenvalue weighted by atomic mass is 9.97. The van der Waals surface area contributed by atoms with Gasteiger partial charge in [0.1, 0.15) is 0 Å². The van der Waals surface area contributed by atoms with Gasteiger partial charge in [0.25, 0.3) is 0 Å². The maximum atomic E-state index is 10.5. The molecule has 0 radical (unpaired) electrons. The smallest absolute Gasteiger partial charge is 0.0836 e. The Bertz CT molecular complexity index is 714. The molecule has 3 rings (SSSR count). The lowest BCUT2D eigenvalue weighted by Gasteiger charge is -2.14. The van der Waals surface area contributed by atoms with Crippen molar-refractivity contribution in [1.29, 1.82) is 0 Å². The summed E-state index contributed by atoms with van der Waals surface area (Å²) in [4.78, 5) is 4.13. The number of hydrogen-bond donors (Lipinski definition) is 1. The predicted molar refractivity (Wildman–Crippen MR) is 81.6 cm³/mol. The largest absolute Gasteiger partial charge is 0.388 e. The molecule has 1 N–H and O–H groups in total. The van der Waals surface area contributed by atoms with Gasteiger partial charge in [-0.2, -0.15) is 0 Å². The second-order valence-corrected chi connectivity index (χ2v) is 5.15. The first-order valence-electron chi connectivity index (χ1n) is 6.80. The van der Waals surface area contributed by atoms with E-state index in [0.717, 1.165) is 21.9 Å². The van der Waals surface area contributed by atoms with Crippen molar-refractivity contribution in [2.75, 3.05) is 0 Å². The summed E-state index contributed by atoms with van der Waals surface area (Å²) in [6.07, 6.45) is 3.73. The number of hydrogen-bond acceptors (Lipinski definition) is 2. The highest BCUT2D eigenvalue weighted by Gasteiger charge is 2.11. The summed E-state index contributed by atoms with van der Waals surface area (Å²) < 4.78 is 0. The minimum atomic E-state index is -0.496. The number of aliphatic hydroxyl groups is 1. The molecule has 0 aliphatic heterocycles. The highest BCUT2D eigenvalue weighted by atomic mass is 16.3. The third-order valence-corrected chi connectivity index (χ3v) is 3.62. The molecule has 20 heavy (non-hydrogen) atoms. The second-order valence-electron chi connectivity index (χ2n) is 5.15. The van der Waals surface area contributed by atoms with Crippen LogP contribution in [0.3, 0.4) is 0 Å². The molecule has 0 spiro atoms. The van der Waals surface area contributed by atoms with Crippen molar-refractivity contribution in [1.82, 2.24) is 4.98 Å². The van der Waals surface area contributed by atoms with Gasteiger partial charge in [-0.1, -0.05) is 48.0 Å². The van der Waals surface area contributed by atoms with E-state index in [4.69, 9.17) is 0 Å². The van der Waals surface area contributed by atoms with Crippen LogP contribution in [0.5, 0.6) is 0 Å². The van der Waals surface area contributed by atoms with Crippen LogP contribution in [0.2, 0.25) is 0 Å². The van der Waals surface area contributed by atoms with Gasteiger partial charge < -0.3 is 5.11 Å². The summed E-state index contributed by atoms with van der Waals surface area (Å²) in [5, 5.41) is 12.7. The van der Waals surface area contributed by atoms with Crippen molar-refractivity contribution >= 4 is 10.8 Å². The van der Waals surface area contributed by atoms with E-state index in [-0.39, 0.29) is 0 Å². The summed E-state index contributed by atoms with van der Waals surface area (Å²) in [6.45, 7) is 2.07. The number of benzene rings is 2. The molecule has 100 valence electrons. The first-order valence-corrected chi connectivity index (χ1v) is 6.80. The zero-order chi connectivity index (χ0) is 13.9. The SMILES string of the molecule is Cc1ccc(CC(O)c2cccc3cnccc23)cc1. The molecule has 0 aliphatic rings. The monoisotopic (exact) mass is 263 g/mol. The van der Waals surface area contributed by atoms with Crippen LogP contribution in [0.25, 0.3) is 10.8 Å². The fraction of sp³-hybridized carbons (Fsp3) is 0.167. The third-order valence-electron chi connectivity index (χ3n) is 3.62. The number of rotatable bonds is 3. The summed E-state index contributed by atoms with van der Waals surface area (Å²) in [5.41, 5.74) is 3.35. The van der Waals surface area contributed by atoms with Gasteiger partial charge in [-0.15, -0.1) is 0 Å². The van der Waals surface area contributed by atoms with E-state index in [1.54, 1.807) is 6.20 Å². The molecule has 0 saturated heterocycles. The summed E-state index contributed by atoms with van der Waals surface area (Å²) in [7, 11) is 0. The zero-order valence-electron chi connectivity index (χ0n) is 11.5. The Labute approximate surface area is 118 Å². The summed E-state index contributed by atoms with van der Waals surface area (Å²) in [5.74, 6) is 0. The van der Waals surface area contributed by atoms with Gasteiger partial charge in [-0.3, -0.25) is 4.98 Å². The van der Waals surface area contributed by atoms with E-state index < -0.39 is 6.10 Å². The molecule has 0 aliphatic carbocycles. The van der Waals surface area contributed by atoms with Gasteiger partial charge in [0.05, 0.1) is 6.10 Å². The highest BCUT2D eigenvalue weighted by molar-refractivity contribution is 5.85. The minimum Gasteiger partial charge on any atom is -0.388 e. The fourth-order valence-corrected chi connectivity index (χ4v) is 2.50. The molecule has 1 atom stereocenters. The lowest BCUT2D eigenvalue weighted by Crippen LogP contribution is -2.02. The molecule has 3 aromatic rings. The quantitative estimate of drug-likeness (QED) is 0.779. The molecule has 2 nitrogen and oxygen atoms in total. The first-order chi connectivity index (χ1) is 9.74. The molecular formula is C18H17NO. The van der Waals surface area contributed by atoms with Crippen LogP contribution in [-0.4, -0.2) is 10.1 Å². The Morgan fingerprint density at radius 2 is 1.85 bits per heavy atom. The van der Waals surface area contributed by atoms with Crippen LogP contribution in [0.15, 0.2) is 60.9 Å². The van der Waals surface area contributed by atoms with E-state index in [1.807, 2.05) is 30.5 Å². The highest BCUT2D eigenvalue weighted by Crippen LogP contribution is 2.26. The van der Waals surface area contributed by atoms with Crippen LogP contribution >= 0.6 is 0 Å². The number of aromatic nitrogens is 1. The fourth-order valence-electron chi connectivity index (χ4n) is 2.50. The van der Waals surface area contributed by atoms with E-state index in [1.165, 1.54) is 5.56 Å². The van der Waals surface area contributed by atoms with Crippen molar-refractivity contribution in [3.8, 4) is 0 Å². The average Bonchev–Trinajstić information content (AvgIpc) is 2.49. The number of aliphatic hydroxyl groups excluding tert-OH is 1. The van der Waals surface area contributed by atoms with Crippen molar-refractivity contribution < 1.29 is 5.11 Å². The molecule has 2 heteroatoms. The molecule has 2 aromatic carbocycles. The van der Waals surface area contributed by atoms with E-state index >= 15 is 0 Å². The van der Waals surface area contributed by atoms with Crippen molar-refractivity contribution in [2.45, 2.75) is 19.4 Å². The molecule has 0 saturated carbocycles. The standard InChI is InChI=1S/C18H17NO/c1-13-5-7-14(8-6-13)11-18(20)17-4-2-3-15-12-19-10-9-16(15)17/h2-10,12,18,20H,11H2,1H3. The van der Waals surface area contributed by atoms with Crippen LogP contribution < -0.4 is 0 Å². The van der Waals surface area contributed by atoms with E-state index in [0.29, 0.717) is 6.42 Å². The number of nitrogens with zero attached hydrogens (tertiary/aromatic N) is 1. The van der Waals surface area contributed by atoms with Gasteiger partial charge in [0.15, 0.2) is 0 Å². The zero-order valence-corrected chi connectivity index (χ0v) is 11.5.